The molecule has 2 rings (SSSR count). The number of fused-ring (bicyclic) bond motifs is 1. The maximum atomic E-state index is 12.0. The van der Waals surface area contributed by atoms with E-state index in [1.54, 1.807) is 30.3 Å². The van der Waals surface area contributed by atoms with Crippen molar-refractivity contribution in [3.05, 3.63) is 46.9 Å². The molecule has 1 aromatic carbocycles. The van der Waals surface area contributed by atoms with E-state index in [0.29, 0.717) is 5.56 Å². The topological polar surface area (TPSA) is 81.7 Å². The maximum absolute atomic E-state index is 12.0. The van der Waals surface area contributed by atoms with E-state index in [-0.39, 0.29) is 20.9 Å². The van der Waals surface area contributed by atoms with E-state index >= 15 is 0 Å². The van der Waals surface area contributed by atoms with Crippen molar-refractivity contribution in [2.24, 2.45) is 0 Å². The molecule has 0 aliphatic carbocycles. The second kappa shape index (κ2) is 3.58. The average Bonchev–Trinajstić information content (AvgIpc) is 2.53. The summed E-state index contributed by atoms with van der Waals surface area (Å²) in [7, 11) is -3.65. The van der Waals surface area contributed by atoms with Gasteiger partial charge in [0.25, 0.3) is 0 Å². The van der Waals surface area contributed by atoms with E-state index < -0.39 is 9.84 Å². The molecule has 1 aromatic rings. The summed E-state index contributed by atoms with van der Waals surface area (Å²) in [6, 6.07) is 9.64. The quantitative estimate of drug-likeness (QED) is 0.649. The van der Waals surface area contributed by atoms with Crippen LogP contribution in [-0.2, 0) is 9.84 Å². The maximum Gasteiger partial charge on any atom is 0.207 e. The summed E-state index contributed by atoms with van der Waals surface area (Å²) in [6.07, 6.45) is 0. The van der Waals surface area contributed by atoms with Crippen molar-refractivity contribution in [2.45, 2.75) is 4.90 Å². The van der Waals surface area contributed by atoms with Crippen LogP contribution in [0.4, 0.5) is 0 Å². The molecule has 0 bridgehead atoms. The van der Waals surface area contributed by atoms with Gasteiger partial charge in [0.15, 0.2) is 0 Å². The molecule has 1 aliphatic heterocycles. The Morgan fingerprint density at radius 2 is 1.76 bits per heavy atom. The molecule has 0 amide bonds. The third kappa shape index (κ3) is 1.37. The molecule has 0 aromatic heterocycles. The zero-order valence-electron chi connectivity index (χ0n) is 8.64. The number of nitrogens with zero attached hydrogens (tertiary/aromatic N) is 2. The van der Waals surface area contributed by atoms with E-state index in [0.717, 1.165) is 0 Å². The summed E-state index contributed by atoms with van der Waals surface area (Å²) in [5.41, 5.74) is 0.254. The fourth-order valence-corrected chi connectivity index (χ4v) is 3.20. The van der Waals surface area contributed by atoms with Gasteiger partial charge in [-0.05, 0) is 6.07 Å². The third-order valence-corrected chi connectivity index (χ3v) is 4.31. The Kier molecular flexibility index (Phi) is 2.35. The first-order chi connectivity index (χ1) is 8.04. The first kappa shape index (κ1) is 11.1. The number of allylic oxidation sites excluding steroid dienone is 2. The van der Waals surface area contributed by atoms with Crippen LogP contribution in [0.1, 0.15) is 5.56 Å². The van der Waals surface area contributed by atoms with Gasteiger partial charge in [-0.3, -0.25) is 0 Å². The smallest absolute Gasteiger partial charge is 0.207 e. The van der Waals surface area contributed by atoms with Crippen molar-refractivity contribution in [2.75, 3.05) is 0 Å². The van der Waals surface area contributed by atoms with Crippen LogP contribution >= 0.6 is 0 Å². The molecule has 0 fully saturated rings. The fourth-order valence-electron chi connectivity index (χ4n) is 1.74. The molecule has 0 radical (unpaired) electrons. The van der Waals surface area contributed by atoms with Gasteiger partial charge in [-0.25, -0.2) is 8.42 Å². The molecular formula is C12H6N2O2S. The van der Waals surface area contributed by atoms with Gasteiger partial charge in [0.1, 0.15) is 17.7 Å². The summed E-state index contributed by atoms with van der Waals surface area (Å²) in [5.74, 6) is 0. The minimum Gasteiger partial charge on any atom is -0.218 e. The summed E-state index contributed by atoms with van der Waals surface area (Å²) >= 11 is 0. The lowest BCUT2D eigenvalue weighted by molar-refractivity contribution is 0.604. The third-order valence-electron chi connectivity index (χ3n) is 2.52. The number of nitriles is 2. The summed E-state index contributed by atoms with van der Waals surface area (Å²) < 4.78 is 24.0. The lowest BCUT2D eigenvalue weighted by atomic mass is 10.0. The van der Waals surface area contributed by atoms with Gasteiger partial charge in [-0.2, -0.15) is 10.5 Å². The molecule has 0 atom stereocenters. The molecular weight excluding hydrogens is 236 g/mol. The highest BCUT2D eigenvalue weighted by atomic mass is 32.2. The van der Waals surface area contributed by atoms with Crippen LogP contribution in [0.25, 0.3) is 5.57 Å². The van der Waals surface area contributed by atoms with Crippen molar-refractivity contribution < 1.29 is 8.42 Å². The van der Waals surface area contributed by atoms with Gasteiger partial charge >= 0.3 is 0 Å². The van der Waals surface area contributed by atoms with Crippen LogP contribution in [-0.4, -0.2) is 8.42 Å². The molecule has 17 heavy (non-hydrogen) atoms. The van der Waals surface area contributed by atoms with Gasteiger partial charge in [0.2, 0.25) is 9.84 Å². The monoisotopic (exact) mass is 242 g/mol. The molecule has 0 unspecified atom stereocenters. The van der Waals surface area contributed by atoms with Crippen LogP contribution in [0.15, 0.2) is 46.2 Å². The van der Waals surface area contributed by atoms with Crippen LogP contribution in [0.5, 0.6) is 0 Å². The SMILES string of the molecule is C=C1C(=C(C#N)C#N)c2ccccc2S1(=O)=O. The average molecular weight is 242 g/mol. The van der Waals surface area contributed by atoms with Crippen LogP contribution in [0, 0.1) is 22.7 Å². The second-order valence-corrected chi connectivity index (χ2v) is 5.34. The van der Waals surface area contributed by atoms with E-state index in [9.17, 15) is 8.42 Å². The summed E-state index contributed by atoms with van der Waals surface area (Å²) in [4.78, 5) is -0.0835. The number of benzene rings is 1. The Hall–Kier alpha value is -2.37. The highest BCUT2D eigenvalue weighted by molar-refractivity contribution is 7.96. The van der Waals surface area contributed by atoms with Gasteiger partial charge in [-0.15, -0.1) is 0 Å². The van der Waals surface area contributed by atoms with Gasteiger partial charge in [-0.1, -0.05) is 24.8 Å². The van der Waals surface area contributed by atoms with E-state index in [2.05, 4.69) is 6.58 Å². The first-order valence-corrected chi connectivity index (χ1v) is 6.10. The molecule has 5 heteroatoms. The highest BCUT2D eigenvalue weighted by Gasteiger charge is 2.36. The molecule has 0 saturated carbocycles. The standard InChI is InChI=1S/C12H6N2O2S/c1-8-12(9(6-13)7-14)10-4-2-3-5-11(10)17(8,15)16/h2-5H,1H2. The van der Waals surface area contributed by atoms with Crippen molar-refractivity contribution >= 4 is 15.4 Å². The summed E-state index contributed by atoms with van der Waals surface area (Å²) in [6.45, 7) is 3.47. The van der Waals surface area contributed by atoms with Gasteiger partial charge in [0.05, 0.1) is 9.80 Å². The normalized spacial score (nSPS) is 15.9. The molecule has 1 aliphatic rings. The second-order valence-electron chi connectivity index (χ2n) is 3.40. The first-order valence-electron chi connectivity index (χ1n) is 4.62. The number of rotatable bonds is 0. The van der Waals surface area contributed by atoms with E-state index in [4.69, 9.17) is 10.5 Å². The number of hydrogen-bond acceptors (Lipinski definition) is 4. The Morgan fingerprint density at radius 3 is 2.35 bits per heavy atom. The zero-order valence-corrected chi connectivity index (χ0v) is 9.45. The van der Waals surface area contributed by atoms with E-state index in [1.807, 2.05) is 0 Å². The molecule has 0 N–H and O–H groups in total. The minimum atomic E-state index is -3.65. The fraction of sp³-hybridized carbons (Fsp3) is 0. The van der Waals surface area contributed by atoms with Crippen molar-refractivity contribution in [3.8, 4) is 12.1 Å². The molecule has 0 saturated heterocycles. The predicted octanol–water partition coefficient (Wildman–Crippen LogP) is 1.79. The van der Waals surface area contributed by atoms with E-state index in [1.165, 1.54) is 6.07 Å². The lowest BCUT2D eigenvalue weighted by Gasteiger charge is -1.97. The Bertz CT molecular complexity index is 727. The highest BCUT2D eigenvalue weighted by Crippen LogP contribution is 2.43. The predicted molar refractivity (Wildman–Crippen MR) is 60.9 cm³/mol. The Balaban J connectivity index is 2.96. The Labute approximate surface area is 98.6 Å². The van der Waals surface area contributed by atoms with Crippen LogP contribution in [0.3, 0.4) is 0 Å². The van der Waals surface area contributed by atoms with Crippen molar-refractivity contribution in [1.82, 2.24) is 0 Å². The van der Waals surface area contributed by atoms with Crippen molar-refractivity contribution in [3.63, 3.8) is 0 Å². The summed E-state index contributed by atoms with van der Waals surface area (Å²) in [5, 5.41) is 17.7. The van der Waals surface area contributed by atoms with Crippen LogP contribution in [0.2, 0.25) is 0 Å². The largest absolute Gasteiger partial charge is 0.218 e. The molecule has 82 valence electrons. The minimum absolute atomic E-state index is 0.100. The Morgan fingerprint density at radius 1 is 1.18 bits per heavy atom. The van der Waals surface area contributed by atoms with Crippen LogP contribution < -0.4 is 0 Å². The van der Waals surface area contributed by atoms with Gasteiger partial charge < -0.3 is 0 Å². The number of hydrogen-bond donors (Lipinski definition) is 0. The number of sulfone groups is 1. The molecule has 0 spiro atoms. The molecule has 4 nitrogen and oxygen atoms in total. The molecule has 1 heterocycles. The van der Waals surface area contributed by atoms with Gasteiger partial charge in [0, 0.05) is 11.1 Å². The van der Waals surface area contributed by atoms with Crippen molar-refractivity contribution in [1.29, 1.82) is 10.5 Å². The lowest BCUT2D eigenvalue weighted by Crippen LogP contribution is -1.96. The zero-order chi connectivity index (χ0) is 12.6.